The zero-order valence-electron chi connectivity index (χ0n) is 20.2. The molecule has 0 saturated carbocycles. The lowest BCUT2D eigenvalue weighted by Gasteiger charge is -2.32. The lowest BCUT2D eigenvalue weighted by Crippen LogP contribution is -2.55. The molecule has 1 N–H and O–H groups in total. The van der Waals surface area contributed by atoms with E-state index in [1.54, 1.807) is 7.11 Å². The second kappa shape index (κ2) is 9.15. The summed E-state index contributed by atoms with van der Waals surface area (Å²) in [6, 6.07) is 19.6. The molecule has 3 heterocycles. The van der Waals surface area contributed by atoms with Crippen molar-refractivity contribution in [1.29, 1.82) is 0 Å². The predicted octanol–water partition coefficient (Wildman–Crippen LogP) is 5.09. The summed E-state index contributed by atoms with van der Waals surface area (Å²) < 4.78 is 12.5. The number of nitro groups is 1. The van der Waals surface area contributed by atoms with Gasteiger partial charge in [-0.3, -0.25) is 19.8 Å². The lowest BCUT2D eigenvalue weighted by molar-refractivity contribution is -0.534. The topological polar surface area (TPSA) is 93.9 Å². The summed E-state index contributed by atoms with van der Waals surface area (Å²) in [6.45, 7) is 0.983. The van der Waals surface area contributed by atoms with Crippen molar-refractivity contribution in [1.82, 2.24) is 4.90 Å². The number of nitrogens with zero attached hydrogens (tertiary/aromatic N) is 2. The largest absolute Gasteiger partial charge is 0.493 e. The Kier molecular flexibility index (Phi) is 5.92. The summed E-state index contributed by atoms with van der Waals surface area (Å²) in [5, 5.41) is 15.8. The number of ether oxygens (including phenoxy) is 2. The van der Waals surface area contributed by atoms with E-state index in [0.717, 1.165) is 24.0 Å². The number of carbonyl (C=O) groups is 1. The molecule has 3 aromatic rings. The van der Waals surface area contributed by atoms with Crippen LogP contribution in [0.2, 0.25) is 0 Å². The third-order valence-electron chi connectivity index (χ3n) is 7.96. The Hall–Kier alpha value is -3.43. The van der Waals surface area contributed by atoms with Crippen LogP contribution in [0.3, 0.4) is 0 Å². The SMILES string of the molecule is COc1cc([C@H]2[C@H]([N+](=O)[O-])[C@]3(C(=O)Nc4ccccc43)N3CCC[C@@H]23)cc(Br)c1OCc1ccccc1. The Labute approximate surface area is 222 Å². The van der Waals surface area contributed by atoms with E-state index >= 15 is 0 Å². The highest BCUT2D eigenvalue weighted by Gasteiger charge is 2.73. The number of amides is 1. The van der Waals surface area contributed by atoms with Gasteiger partial charge in [-0.1, -0.05) is 48.5 Å². The quantitative estimate of drug-likeness (QED) is 0.331. The molecule has 4 atom stereocenters. The molecule has 0 aromatic heterocycles. The number of fused-ring (bicyclic) bond motifs is 4. The first-order chi connectivity index (χ1) is 18.0. The van der Waals surface area contributed by atoms with Crippen LogP contribution < -0.4 is 14.8 Å². The van der Waals surface area contributed by atoms with Gasteiger partial charge in [-0.15, -0.1) is 0 Å². The van der Waals surface area contributed by atoms with Gasteiger partial charge >= 0.3 is 0 Å². The molecule has 1 spiro atoms. The standard InChI is InChI=1S/C28H26BrN3O5/c1-36-23-15-18(14-20(29)25(23)37-16-17-8-3-2-4-9-17)24-22-12-7-13-31(22)28(26(24)32(34)35)19-10-5-6-11-21(19)30-27(28)33/h2-6,8-11,14-15,22,24,26H,7,12-13,16H2,1H3,(H,30,33)/t22-,24+,26-,28+/m0/s1. The number of rotatable bonds is 6. The third-order valence-corrected chi connectivity index (χ3v) is 8.55. The molecular formula is C28H26BrN3O5. The van der Waals surface area contributed by atoms with Gasteiger partial charge in [-0.25, -0.2) is 0 Å². The molecule has 2 saturated heterocycles. The highest BCUT2D eigenvalue weighted by atomic mass is 79.9. The molecule has 9 heteroatoms. The number of para-hydroxylation sites is 1. The van der Waals surface area contributed by atoms with Gasteiger partial charge in [-0.05, 0) is 58.1 Å². The van der Waals surface area contributed by atoms with E-state index in [1.165, 1.54) is 0 Å². The molecule has 8 nitrogen and oxygen atoms in total. The molecule has 1 amide bonds. The summed E-state index contributed by atoms with van der Waals surface area (Å²) in [4.78, 5) is 28.3. The van der Waals surface area contributed by atoms with Crippen LogP contribution in [0.4, 0.5) is 5.69 Å². The van der Waals surface area contributed by atoms with Crippen molar-refractivity contribution in [2.24, 2.45) is 0 Å². The fourth-order valence-corrected chi connectivity index (χ4v) is 7.15. The average Bonchev–Trinajstić information content (AvgIpc) is 3.56. The van der Waals surface area contributed by atoms with Crippen molar-refractivity contribution >= 4 is 27.5 Å². The molecule has 190 valence electrons. The Balaban J connectivity index is 1.44. The van der Waals surface area contributed by atoms with E-state index in [9.17, 15) is 14.9 Å². The van der Waals surface area contributed by atoms with Gasteiger partial charge in [0.2, 0.25) is 0 Å². The maximum atomic E-state index is 13.6. The molecule has 0 unspecified atom stereocenters. The maximum Gasteiger partial charge on any atom is 0.256 e. The second-order valence-corrected chi connectivity index (χ2v) is 10.6. The maximum absolute atomic E-state index is 13.6. The number of benzene rings is 3. The number of halogens is 1. The number of carbonyl (C=O) groups excluding carboxylic acids is 1. The number of nitrogens with one attached hydrogen (secondary N) is 1. The molecule has 6 rings (SSSR count). The fourth-order valence-electron chi connectivity index (χ4n) is 6.58. The van der Waals surface area contributed by atoms with Gasteiger partial charge in [0.05, 0.1) is 17.5 Å². The third kappa shape index (κ3) is 3.55. The average molecular weight is 564 g/mol. The van der Waals surface area contributed by atoms with E-state index in [1.807, 2.05) is 66.7 Å². The minimum absolute atomic E-state index is 0.153. The van der Waals surface area contributed by atoms with Gasteiger partial charge in [0, 0.05) is 28.8 Å². The zero-order valence-corrected chi connectivity index (χ0v) is 21.8. The molecule has 0 aliphatic carbocycles. The molecular weight excluding hydrogens is 538 g/mol. The number of hydrogen-bond donors (Lipinski definition) is 1. The highest BCUT2D eigenvalue weighted by molar-refractivity contribution is 9.10. The number of methoxy groups -OCH3 is 1. The van der Waals surface area contributed by atoms with Gasteiger partial charge < -0.3 is 14.8 Å². The number of anilines is 1. The van der Waals surface area contributed by atoms with E-state index in [-0.39, 0.29) is 16.9 Å². The van der Waals surface area contributed by atoms with E-state index in [2.05, 4.69) is 26.1 Å². The summed E-state index contributed by atoms with van der Waals surface area (Å²) in [6.07, 6.45) is 1.65. The lowest BCUT2D eigenvalue weighted by atomic mass is 9.77. The first kappa shape index (κ1) is 23.9. The van der Waals surface area contributed by atoms with Gasteiger partial charge in [-0.2, -0.15) is 0 Å². The summed E-state index contributed by atoms with van der Waals surface area (Å²) in [5.41, 5.74) is 1.75. The Morgan fingerprint density at radius 3 is 2.68 bits per heavy atom. The first-order valence-electron chi connectivity index (χ1n) is 12.3. The minimum atomic E-state index is -1.35. The van der Waals surface area contributed by atoms with Gasteiger partial charge in [0.15, 0.2) is 17.0 Å². The summed E-state index contributed by atoms with van der Waals surface area (Å²) in [7, 11) is 1.56. The molecule has 0 radical (unpaired) electrons. The van der Waals surface area contributed by atoms with Crippen LogP contribution in [0.5, 0.6) is 11.5 Å². The van der Waals surface area contributed by atoms with Crippen LogP contribution in [-0.4, -0.2) is 41.5 Å². The number of hydrogen-bond acceptors (Lipinski definition) is 6. The molecule has 3 aliphatic rings. The Bertz CT molecular complexity index is 1380. The van der Waals surface area contributed by atoms with E-state index in [0.29, 0.717) is 40.4 Å². The smallest absolute Gasteiger partial charge is 0.256 e. The van der Waals surface area contributed by atoms with E-state index < -0.39 is 17.5 Å². The Morgan fingerprint density at radius 2 is 1.92 bits per heavy atom. The van der Waals surface area contributed by atoms with Crippen molar-refractivity contribution in [3.8, 4) is 11.5 Å². The zero-order chi connectivity index (χ0) is 25.7. The second-order valence-electron chi connectivity index (χ2n) is 9.73. The molecule has 0 bridgehead atoms. The van der Waals surface area contributed by atoms with Crippen LogP contribution in [0.25, 0.3) is 0 Å². The van der Waals surface area contributed by atoms with Crippen LogP contribution in [-0.2, 0) is 16.9 Å². The van der Waals surface area contributed by atoms with Crippen molar-refractivity contribution < 1.29 is 19.2 Å². The van der Waals surface area contributed by atoms with E-state index in [4.69, 9.17) is 9.47 Å². The van der Waals surface area contributed by atoms with Crippen molar-refractivity contribution in [2.75, 3.05) is 19.0 Å². The minimum Gasteiger partial charge on any atom is -0.493 e. The van der Waals surface area contributed by atoms with Crippen LogP contribution >= 0.6 is 15.9 Å². The van der Waals surface area contributed by atoms with Crippen LogP contribution in [0.15, 0.2) is 71.2 Å². The van der Waals surface area contributed by atoms with Crippen molar-refractivity contribution in [2.45, 2.75) is 43.0 Å². The van der Waals surface area contributed by atoms with Crippen molar-refractivity contribution in [3.05, 3.63) is 98.0 Å². The summed E-state index contributed by atoms with van der Waals surface area (Å²) in [5.74, 6) is 0.193. The molecule has 37 heavy (non-hydrogen) atoms. The normalized spacial score (nSPS) is 26.1. The first-order valence-corrected chi connectivity index (χ1v) is 13.1. The monoisotopic (exact) mass is 563 g/mol. The fraction of sp³-hybridized carbons (Fsp3) is 0.321. The predicted molar refractivity (Wildman–Crippen MR) is 141 cm³/mol. The van der Waals surface area contributed by atoms with Crippen molar-refractivity contribution in [3.63, 3.8) is 0 Å². The highest BCUT2D eigenvalue weighted by Crippen LogP contribution is 2.58. The van der Waals surface area contributed by atoms with Crippen LogP contribution in [0, 0.1) is 10.1 Å². The summed E-state index contributed by atoms with van der Waals surface area (Å²) >= 11 is 3.63. The Morgan fingerprint density at radius 1 is 1.16 bits per heavy atom. The van der Waals surface area contributed by atoms with Gasteiger partial charge in [0.1, 0.15) is 6.61 Å². The molecule has 2 fully saturated rings. The van der Waals surface area contributed by atoms with Crippen LogP contribution in [0.1, 0.15) is 35.4 Å². The molecule has 3 aromatic carbocycles. The molecule has 3 aliphatic heterocycles. The van der Waals surface area contributed by atoms with Gasteiger partial charge in [0.25, 0.3) is 11.9 Å².